The van der Waals surface area contributed by atoms with Gasteiger partial charge in [0, 0.05) is 0 Å². The molecular formula is C16H24N2. The number of hydrazine groups is 1. The molecule has 1 aromatic rings. The third-order valence-electron chi connectivity index (χ3n) is 3.69. The molecule has 0 saturated heterocycles. The summed E-state index contributed by atoms with van der Waals surface area (Å²) in [6, 6.07) is 6.87. The Kier molecular flexibility index (Phi) is 4.56. The Morgan fingerprint density at radius 1 is 1.06 bits per heavy atom. The summed E-state index contributed by atoms with van der Waals surface area (Å²) < 4.78 is 0. The van der Waals surface area contributed by atoms with Crippen LogP contribution in [0.1, 0.15) is 54.8 Å². The molecule has 98 valence electrons. The largest absolute Gasteiger partial charge is 0.271 e. The van der Waals surface area contributed by atoms with Crippen molar-refractivity contribution in [2.45, 2.75) is 52.0 Å². The number of nitrogens with two attached hydrogens (primary N) is 1. The minimum Gasteiger partial charge on any atom is -0.271 e. The predicted molar refractivity (Wildman–Crippen MR) is 77.1 cm³/mol. The summed E-state index contributed by atoms with van der Waals surface area (Å²) in [7, 11) is 0. The van der Waals surface area contributed by atoms with Crippen molar-refractivity contribution in [2.24, 2.45) is 5.84 Å². The monoisotopic (exact) mass is 244 g/mol. The summed E-state index contributed by atoms with van der Waals surface area (Å²) in [5, 5.41) is 0. The van der Waals surface area contributed by atoms with E-state index in [0.29, 0.717) is 0 Å². The fraction of sp³-hybridized carbons (Fsp3) is 0.500. The van der Waals surface area contributed by atoms with Gasteiger partial charge in [0.15, 0.2) is 0 Å². The maximum absolute atomic E-state index is 5.80. The van der Waals surface area contributed by atoms with Crippen molar-refractivity contribution >= 4 is 0 Å². The fourth-order valence-electron chi connectivity index (χ4n) is 2.90. The van der Waals surface area contributed by atoms with Gasteiger partial charge in [0.2, 0.25) is 0 Å². The summed E-state index contributed by atoms with van der Waals surface area (Å²) in [4.78, 5) is 0. The zero-order chi connectivity index (χ0) is 13.0. The molecule has 0 saturated carbocycles. The number of hydrogen-bond acceptors (Lipinski definition) is 2. The van der Waals surface area contributed by atoms with Crippen LogP contribution < -0.4 is 11.3 Å². The maximum atomic E-state index is 5.80. The van der Waals surface area contributed by atoms with Crippen molar-refractivity contribution in [1.82, 2.24) is 5.43 Å². The van der Waals surface area contributed by atoms with Gasteiger partial charge in [-0.1, -0.05) is 47.4 Å². The second-order valence-electron chi connectivity index (χ2n) is 5.40. The molecule has 3 N–H and O–H groups in total. The van der Waals surface area contributed by atoms with Gasteiger partial charge in [0.25, 0.3) is 0 Å². The first kappa shape index (κ1) is 13.3. The van der Waals surface area contributed by atoms with Gasteiger partial charge in [-0.2, -0.15) is 0 Å². The van der Waals surface area contributed by atoms with Crippen LogP contribution in [-0.2, 0) is 0 Å². The van der Waals surface area contributed by atoms with Gasteiger partial charge in [-0.3, -0.25) is 5.84 Å². The van der Waals surface area contributed by atoms with E-state index in [0.717, 1.165) is 0 Å². The minimum atomic E-state index is 0.182. The van der Waals surface area contributed by atoms with Gasteiger partial charge in [-0.25, -0.2) is 5.43 Å². The van der Waals surface area contributed by atoms with Gasteiger partial charge >= 0.3 is 0 Å². The lowest BCUT2D eigenvalue weighted by atomic mass is 9.93. The highest BCUT2D eigenvalue weighted by Crippen LogP contribution is 2.29. The number of nitrogens with one attached hydrogen (secondary N) is 1. The van der Waals surface area contributed by atoms with Gasteiger partial charge in [-0.15, -0.1) is 0 Å². The molecule has 0 aliphatic heterocycles. The molecule has 1 aromatic carbocycles. The predicted octanol–water partition coefficient (Wildman–Crippen LogP) is 3.70. The van der Waals surface area contributed by atoms with E-state index in [4.69, 9.17) is 5.84 Å². The second-order valence-corrected chi connectivity index (χ2v) is 5.40. The molecule has 0 spiro atoms. The van der Waals surface area contributed by atoms with Crippen LogP contribution in [0.5, 0.6) is 0 Å². The van der Waals surface area contributed by atoms with E-state index in [-0.39, 0.29) is 6.04 Å². The molecular weight excluding hydrogens is 220 g/mol. The molecule has 1 aliphatic carbocycles. The SMILES string of the molecule is Cc1cc(C)cc(C(NN)C2=CCCCCC2)c1. The minimum absolute atomic E-state index is 0.182. The van der Waals surface area contributed by atoms with Gasteiger partial charge in [0.1, 0.15) is 0 Å². The number of aryl methyl sites for hydroxylation is 2. The van der Waals surface area contributed by atoms with E-state index >= 15 is 0 Å². The lowest BCUT2D eigenvalue weighted by Crippen LogP contribution is -2.29. The average molecular weight is 244 g/mol. The standard InChI is InChI=1S/C16H24N2/c1-12-9-13(2)11-15(10-12)16(18-17)14-7-5-3-4-6-8-14/h7,9-11,16,18H,3-6,8,17H2,1-2H3. The van der Waals surface area contributed by atoms with Gasteiger partial charge < -0.3 is 0 Å². The summed E-state index contributed by atoms with van der Waals surface area (Å²) in [6.45, 7) is 4.29. The molecule has 0 radical (unpaired) electrons. The zero-order valence-corrected chi connectivity index (χ0v) is 11.5. The van der Waals surface area contributed by atoms with Crippen molar-refractivity contribution in [3.8, 4) is 0 Å². The molecule has 1 unspecified atom stereocenters. The van der Waals surface area contributed by atoms with Crippen LogP contribution in [0.25, 0.3) is 0 Å². The molecule has 0 fully saturated rings. The summed E-state index contributed by atoms with van der Waals surface area (Å²) >= 11 is 0. The maximum Gasteiger partial charge on any atom is 0.0670 e. The second kappa shape index (κ2) is 6.17. The highest BCUT2D eigenvalue weighted by molar-refractivity contribution is 5.35. The van der Waals surface area contributed by atoms with Crippen LogP contribution >= 0.6 is 0 Å². The van der Waals surface area contributed by atoms with E-state index in [9.17, 15) is 0 Å². The first-order chi connectivity index (χ1) is 8.70. The lowest BCUT2D eigenvalue weighted by molar-refractivity contribution is 0.592. The van der Waals surface area contributed by atoms with Gasteiger partial charge in [-0.05, 0) is 45.1 Å². The summed E-state index contributed by atoms with van der Waals surface area (Å²) in [5.41, 5.74) is 8.37. The molecule has 0 heterocycles. The fourth-order valence-corrected chi connectivity index (χ4v) is 2.90. The Labute approximate surface area is 110 Å². The highest BCUT2D eigenvalue weighted by Gasteiger charge is 2.16. The Balaban J connectivity index is 2.29. The van der Waals surface area contributed by atoms with Crippen LogP contribution in [0, 0.1) is 13.8 Å². The third kappa shape index (κ3) is 3.21. The van der Waals surface area contributed by atoms with Crippen LogP contribution in [0.4, 0.5) is 0 Å². The van der Waals surface area contributed by atoms with Gasteiger partial charge in [0.05, 0.1) is 6.04 Å². The van der Waals surface area contributed by atoms with Crippen molar-refractivity contribution in [3.63, 3.8) is 0 Å². The van der Waals surface area contributed by atoms with Crippen LogP contribution in [-0.4, -0.2) is 0 Å². The molecule has 2 nitrogen and oxygen atoms in total. The average Bonchev–Trinajstić information content (AvgIpc) is 2.58. The Hall–Kier alpha value is -1.12. The van der Waals surface area contributed by atoms with E-state index < -0.39 is 0 Å². The van der Waals surface area contributed by atoms with Crippen LogP contribution in [0.2, 0.25) is 0 Å². The van der Waals surface area contributed by atoms with Crippen molar-refractivity contribution in [3.05, 3.63) is 46.5 Å². The number of benzene rings is 1. The first-order valence-electron chi connectivity index (χ1n) is 6.94. The smallest absolute Gasteiger partial charge is 0.0670 e. The van der Waals surface area contributed by atoms with E-state index in [2.05, 4.69) is 43.5 Å². The lowest BCUT2D eigenvalue weighted by Gasteiger charge is -2.21. The topological polar surface area (TPSA) is 38.0 Å². The van der Waals surface area contributed by atoms with E-state index in [1.807, 2.05) is 0 Å². The van der Waals surface area contributed by atoms with Crippen molar-refractivity contribution < 1.29 is 0 Å². The van der Waals surface area contributed by atoms with Crippen LogP contribution in [0.15, 0.2) is 29.8 Å². The molecule has 1 atom stereocenters. The quantitative estimate of drug-likeness (QED) is 0.483. The normalized spacial score (nSPS) is 18.1. The first-order valence-corrected chi connectivity index (χ1v) is 6.94. The molecule has 0 bridgehead atoms. The van der Waals surface area contributed by atoms with Crippen molar-refractivity contribution in [2.75, 3.05) is 0 Å². The Morgan fingerprint density at radius 3 is 2.44 bits per heavy atom. The zero-order valence-electron chi connectivity index (χ0n) is 11.5. The number of rotatable bonds is 3. The highest BCUT2D eigenvalue weighted by atomic mass is 15.2. The summed E-state index contributed by atoms with van der Waals surface area (Å²) in [6.07, 6.45) is 8.68. The third-order valence-corrected chi connectivity index (χ3v) is 3.69. The Morgan fingerprint density at radius 2 is 1.78 bits per heavy atom. The molecule has 18 heavy (non-hydrogen) atoms. The number of hydrogen-bond donors (Lipinski definition) is 2. The van der Waals surface area contributed by atoms with E-state index in [1.54, 1.807) is 0 Å². The number of allylic oxidation sites excluding steroid dienone is 1. The molecule has 2 heteroatoms. The molecule has 0 amide bonds. The van der Waals surface area contributed by atoms with E-state index in [1.165, 1.54) is 54.4 Å². The Bertz CT molecular complexity index is 414. The van der Waals surface area contributed by atoms with Crippen LogP contribution in [0.3, 0.4) is 0 Å². The molecule has 1 aliphatic rings. The molecule has 2 rings (SSSR count). The van der Waals surface area contributed by atoms with Crippen molar-refractivity contribution in [1.29, 1.82) is 0 Å². The molecule has 0 aromatic heterocycles. The summed E-state index contributed by atoms with van der Waals surface area (Å²) in [5.74, 6) is 5.80.